The number of unbranched alkanes of at least 4 members (excludes halogenated alkanes) is 1. The minimum absolute atomic E-state index is 0.0818. The lowest BCUT2D eigenvalue weighted by Gasteiger charge is -2.26. The van der Waals surface area contributed by atoms with Crippen LogP contribution in [0.4, 0.5) is 4.39 Å². The molecule has 2 aromatic heterocycles. The smallest absolute Gasteiger partial charge is 0.296 e. The summed E-state index contributed by atoms with van der Waals surface area (Å²) in [5.41, 5.74) is 1.60. The topological polar surface area (TPSA) is 126 Å². The number of aromatic nitrogens is 3. The van der Waals surface area contributed by atoms with Gasteiger partial charge in [-0.2, -0.15) is 14.6 Å². The number of rotatable bonds is 9. The maximum absolute atomic E-state index is 14.0. The van der Waals surface area contributed by atoms with E-state index in [1.165, 1.54) is 35.0 Å². The number of hydrogen-bond acceptors (Lipinski definition) is 7. The van der Waals surface area contributed by atoms with Crippen LogP contribution in [0, 0.1) is 30.1 Å². The van der Waals surface area contributed by atoms with Gasteiger partial charge in [-0.3, -0.25) is 9.36 Å². The molecular weight excluding hydrogens is 543 g/mol. The van der Waals surface area contributed by atoms with Crippen molar-refractivity contribution in [1.82, 2.24) is 14.5 Å². The average molecular weight is 573 g/mol. The van der Waals surface area contributed by atoms with Crippen molar-refractivity contribution >= 4 is 9.84 Å². The van der Waals surface area contributed by atoms with E-state index in [1.54, 1.807) is 31.2 Å². The molecular formula is C31H29FN4O4S. The van der Waals surface area contributed by atoms with Crippen LogP contribution in [0.15, 0.2) is 75.4 Å². The van der Waals surface area contributed by atoms with Crippen molar-refractivity contribution < 1.29 is 17.9 Å². The molecule has 41 heavy (non-hydrogen) atoms. The van der Waals surface area contributed by atoms with E-state index < -0.39 is 38.2 Å². The standard InChI is InChI=1S/C31H29FN4O4S/c1-3-4-8-26-35-30(37)28(31(38)36(26)27(22-9-10-22)23-7-5-6-20(17-23)18-33)41(39,40)24-13-11-21(12-14-24)25-15-16-34-29(32)19(25)2/h5-7,11-17,22,27,38H,3-4,8-10H2,1-2H3/t27-/m0/s1. The van der Waals surface area contributed by atoms with Crippen LogP contribution in [0.5, 0.6) is 5.88 Å². The summed E-state index contributed by atoms with van der Waals surface area (Å²) in [6.07, 6.45) is 4.89. The van der Waals surface area contributed by atoms with Gasteiger partial charge in [0.2, 0.25) is 21.7 Å². The van der Waals surface area contributed by atoms with Crippen molar-refractivity contribution in [3.8, 4) is 23.1 Å². The van der Waals surface area contributed by atoms with E-state index in [0.717, 1.165) is 24.8 Å². The van der Waals surface area contributed by atoms with Crippen molar-refractivity contribution in [2.75, 3.05) is 0 Å². The first-order chi connectivity index (χ1) is 19.7. The Balaban J connectivity index is 1.66. The third kappa shape index (κ3) is 5.37. The molecule has 5 rings (SSSR count). The summed E-state index contributed by atoms with van der Waals surface area (Å²) in [4.78, 5) is 20.1. The molecule has 0 unspecified atom stereocenters. The lowest BCUT2D eigenvalue weighted by molar-refractivity contribution is 0.348. The van der Waals surface area contributed by atoms with Gasteiger partial charge in [0.05, 0.1) is 22.6 Å². The summed E-state index contributed by atoms with van der Waals surface area (Å²) >= 11 is 0. The highest BCUT2D eigenvalue weighted by atomic mass is 32.2. The molecule has 1 fully saturated rings. The van der Waals surface area contributed by atoms with Crippen molar-refractivity contribution in [3.05, 3.63) is 99.6 Å². The lowest BCUT2D eigenvalue weighted by Crippen LogP contribution is -2.28. The van der Waals surface area contributed by atoms with E-state index in [9.17, 15) is 28.0 Å². The van der Waals surface area contributed by atoms with Crippen molar-refractivity contribution in [2.24, 2.45) is 5.92 Å². The number of aryl methyl sites for hydroxylation is 1. The van der Waals surface area contributed by atoms with Crippen LogP contribution < -0.4 is 5.56 Å². The van der Waals surface area contributed by atoms with Crippen LogP contribution in [0.2, 0.25) is 0 Å². The highest BCUT2D eigenvalue weighted by Gasteiger charge is 2.39. The third-order valence-corrected chi connectivity index (χ3v) is 9.27. The highest BCUT2D eigenvalue weighted by Crippen LogP contribution is 2.46. The second kappa shape index (κ2) is 11.3. The monoisotopic (exact) mass is 572 g/mol. The Bertz CT molecular complexity index is 1820. The molecule has 4 aromatic rings. The Morgan fingerprint density at radius 3 is 2.56 bits per heavy atom. The summed E-state index contributed by atoms with van der Waals surface area (Å²) in [5, 5.41) is 21.1. The molecule has 210 valence electrons. The van der Waals surface area contributed by atoms with Gasteiger partial charge in [0, 0.05) is 18.2 Å². The van der Waals surface area contributed by atoms with Gasteiger partial charge in [-0.05, 0) is 79.1 Å². The van der Waals surface area contributed by atoms with E-state index in [-0.39, 0.29) is 10.8 Å². The van der Waals surface area contributed by atoms with Gasteiger partial charge in [0.1, 0.15) is 5.82 Å². The molecule has 10 heteroatoms. The van der Waals surface area contributed by atoms with E-state index in [4.69, 9.17) is 0 Å². The van der Waals surface area contributed by atoms with Crippen molar-refractivity contribution in [3.63, 3.8) is 0 Å². The Morgan fingerprint density at radius 1 is 1.17 bits per heavy atom. The molecule has 1 aliphatic carbocycles. The van der Waals surface area contributed by atoms with Crippen LogP contribution in [0.1, 0.15) is 61.2 Å². The van der Waals surface area contributed by atoms with Gasteiger partial charge in [-0.25, -0.2) is 13.4 Å². The first kappa shape index (κ1) is 28.2. The van der Waals surface area contributed by atoms with E-state index in [1.807, 2.05) is 13.0 Å². The van der Waals surface area contributed by atoms with Crippen LogP contribution in [0.25, 0.3) is 11.1 Å². The largest absolute Gasteiger partial charge is 0.493 e. The molecule has 8 nitrogen and oxygen atoms in total. The molecule has 1 aliphatic rings. The van der Waals surface area contributed by atoms with Gasteiger partial charge in [-0.15, -0.1) is 0 Å². The molecule has 0 aliphatic heterocycles. The fourth-order valence-corrected chi connectivity index (χ4v) is 6.52. The Kier molecular flexibility index (Phi) is 7.74. The molecule has 1 saturated carbocycles. The highest BCUT2D eigenvalue weighted by molar-refractivity contribution is 7.91. The van der Waals surface area contributed by atoms with Gasteiger partial charge in [0.25, 0.3) is 5.56 Å². The summed E-state index contributed by atoms with van der Waals surface area (Å²) in [6.45, 7) is 3.57. The van der Waals surface area contributed by atoms with E-state index in [2.05, 4.69) is 16.0 Å². The third-order valence-electron chi connectivity index (χ3n) is 7.48. The van der Waals surface area contributed by atoms with Gasteiger partial charge >= 0.3 is 0 Å². The van der Waals surface area contributed by atoms with Crippen molar-refractivity contribution in [2.45, 2.75) is 61.8 Å². The normalized spacial score (nSPS) is 14.0. The molecule has 1 atom stereocenters. The number of halogens is 1. The number of aromatic hydroxyl groups is 1. The first-order valence-corrected chi connectivity index (χ1v) is 15.0. The molecule has 2 aromatic carbocycles. The minimum Gasteiger partial charge on any atom is -0.493 e. The molecule has 0 bridgehead atoms. The molecule has 0 spiro atoms. The second-order valence-corrected chi connectivity index (χ2v) is 12.2. The SMILES string of the molecule is CCCCc1nc(=O)c(S(=O)(=O)c2ccc(-c3ccnc(F)c3C)cc2)c(O)n1[C@H](c1cccc(C#N)c1)C1CC1. The first-order valence-electron chi connectivity index (χ1n) is 13.5. The summed E-state index contributed by atoms with van der Waals surface area (Å²) in [7, 11) is -4.50. The Morgan fingerprint density at radius 2 is 1.90 bits per heavy atom. The van der Waals surface area contributed by atoms with Crippen LogP contribution >= 0.6 is 0 Å². The Labute approximate surface area is 237 Å². The van der Waals surface area contributed by atoms with Gasteiger partial charge in [-0.1, -0.05) is 37.6 Å². The minimum atomic E-state index is -4.50. The number of nitriles is 1. The van der Waals surface area contributed by atoms with Crippen LogP contribution in [-0.2, 0) is 16.3 Å². The van der Waals surface area contributed by atoms with Crippen LogP contribution in [0.3, 0.4) is 0 Å². The van der Waals surface area contributed by atoms with Crippen molar-refractivity contribution in [1.29, 1.82) is 5.26 Å². The maximum atomic E-state index is 14.0. The molecule has 1 N–H and O–H groups in total. The number of nitrogens with zero attached hydrogens (tertiary/aromatic N) is 4. The summed E-state index contributed by atoms with van der Waals surface area (Å²) < 4.78 is 43.2. The van der Waals surface area contributed by atoms with E-state index in [0.29, 0.717) is 40.9 Å². The van der Waals surface area contributed by atoms with E-state index >= 15 is 0 Å². The summed E-state index contributed by atoms with van der Waals surface area (Å²) in [6, 6.07) is 15.9. The average Bonchev–Trinajstić information content (AvgIpc) is 3.80. The zero-order valence-corrected chi connectivity index (χ0v) is 23.5. The molecule has 0 radical (unpaired) electrons. The molecule has 0 amide bonds. The zero-order chi connectivity index (χ0) is 29.3. The lowest BCUT2D eigenvalue weighted by atomic mass is 9.99. The van der Waals surface area contributed by atoms with Gasteiger partial charge < -0.3 is 5.11 Å². The number of benzene rings is 2. The van der Waals surface area contributed by atoms with Crippen LogP contribution in [-0.4, -0.2) is 28.1 Å². The molecule has 2 heterocycles. The molecule has 0 saturated heterocycles. The predicted molar refractivity (Wildman–Crippen MR) is 151 cm³/mol. The quantitative estimate of drug-likeness (QED) is 0.262. The predicted octanol–water partition coefficient (Wildman–Crippen LogP) is 5.50. The number of pyridine rings is 1. The number of sulfone groups is 1. The fraction of sp³-hybridized carbons (Fsp3) is 0.290. The zero-order valence-electron chi connectivity index (χ0n) is 22.7. The summed E-state index contributed by atoms with van der Waals surface area (Å²) in [5.74, 6) is -0.896. The second-order valence-electron chi connectivity index (χ2n) is 10.3. The fourth-order valence-electron chi connectivity index (χ4n) is 5.18. The number of hydrogen-bond donors (Lipinski definition) is 1. The Hall–Kier alpha value is -4.36. The maximum Gasteiger partial charge on any atom is 0.296 e. The van der Waals surface area contributed by atoms with Gasteiger partial charge in [0.15, 0.2) is 4.90 Å².